The van der Waals surface area contributed by atoms with Gasteiger partial charge in [0.05, 0.1) is 17.1 Å². The van der Waals surface area contributed by atoms with E-state index < -0.39 is 5.97 Å². The van der Waals surface area contributed by atoms with Crippen molar-refractivity contribution in [2.45, 2.75) is 26.2 Å². The third kappa shape index (κ3) is 4.29. The fraction of sp³-hybridized carbons (Fsp3) is 0.261. The number of aromatic nitrogens is 1. The van der Waals surface area contributed by atoms with Crippen molar-refractivity contribution in [3.05, 3.63) is 59.7 Å². The van der Waals surface area contributed by atoms with E-state index in [1.807, 2.05) is 30.3 Å². The SMILES string of the molecule is CCCCc1ccc2nc(N(C)CC(=O)O)cc(-c3cccc(C#N)c3)c2c1. The summed E-state index contributed by atoms with van der Waals surface area (Å²) in [6.45, 7) is 2.04. The number of aliphatic carboxylic acids is 1. The van der Waals surface area contributed by atoms with Gasteiger partial charge in [0.15, 0.2) is 0 Å². The molecule has 0 spiro atoms. The predicted octanol–water partition coefficient (Wildman–Crippen LogP) is 4.64. The summed E-state index contributed by atoms with van der Waals surface area (Å²) in [6, 6.07) is 17.8. The Morgan fingerprint density at radius 1 is 1.21 bits per heavy atom. The van der Waals surface area contributed by atoms with Crippen molar-refractivity contribution in [1.82, 2.24) is 4.98 Å². The van der Waals surface area contributed by atoms with Gasteiger partial charge in [-0.2, -0.15) is 5.26 Å². The number of rotatable bonds is 7. The predicted molar refractivity (Wildman–Crippen MR) is 111 cm³/mol. The average molecular weight is 373 g/mol. The van der Waals surface area contributed by atoms with Crippen molar-refractivity contribution in [2.75, 3.05) is 18.5 Å². The smallest absolute Gasteiger partial charge is 0.323 e. The number of hydrogen-bond donors (Lipinski definition) is 1. The molecule has 5 nitrogen and oxygen atoms in total. The van der Waals surface area contributed by atoms with Crippen LogP contribution in [-0.2, 0) is 11.2 Å². The normalized spacial score (nSPS) is 10.6. The number of pyridine rings is 1. The van der Waals surface area contributed by atoms with Crippen molar-refractivity contribution in [1.29, 1.82) is 5.26 Å². The molecule has 28 heavy (non-hydrogen) atoms. The van der Waals surface area contributed by atoms with Crippen LogP contribution in [0.1, 0.15) is 30.9 Å². The number of likely N-dealkylation sites (N-methyl/N-ethyl adjacent to an activating group) is 1. The molecule has 2 aromatic carbocycles. The van der Waals surface area contributed by atoms with Crippen LogP contribution in [0.2, 0.25) is 0 Å². The molecule has 5 heteroatoms. The summed E-state index contributed by atoms with van der Waals surface area (Å²) in [5, 5.41) is 19.4. The van der Waals surface area contributed by atoms with E-state index in [0.29, 0.717) is 11.4 Å². The highest BCUT2D eigenvalue weighted by Crippen LogP contribution is 2.32. The van der Waals surface area contributed by atoms with Crippen LogP contribution >= 0.6 is 0 Å². The molecular formula is C23H23N3O2. The molecule has 1 aromatic heterocycles. The summed E-state index contributed by atoms with van der Waals surface area (Å²) < 4.78 is 0. The second kappa shape index (κ2) is 8.53. The van der Waals surface area contributed by atoms with E-state index in [4.69, 9.17) is 5.11 Å². The fourth-order valence-electron chi connectivity index (χ4n) is 3.27. The number of anilines is 1. The lowest BCUT2D eigenvalue weighted by molar-refractivity contribution is -0.135. The van der Waals surface area contributed by atoms with Crippen molar-refractivity contribution in [3.8, 4) is 17.2 Å². The molecule has 1 N–H and O–H groups in total. The Morgan fingerprint density at radius 2 is 2.04 bits per heavy atom. The summed E-state index contributed by atoms with van der Waals surface area (Å²) in [4.78, 5) is 17.4. The highest BCUT2D eigenvalue weighted by atomic mass is 16.4. The quantitative estimate of drug-likeness (QED) is 0.653. The molecule has 0 aliphatic heterocycles. The Hall–Kier alpha value is -3.39. The van der Waals surface area contributed by atoms with E-state index in [9.17, 15) is 10.1 Å². The van der Waals surface area contributed by atoms with Crippen LogP contribution in [0.3, 0.4) is 0 Å². The Balaban J connectivity index is 2.19. The number of unbranched alkanes of at least 4 members (excludes halogenated alkanes) is 1. The van der Waals surface area contributed by atoms with E-state index in [0.717, 1.165) is 41.3 Å². The summed E-state index contributed by atoms with van der Waals surface area (Å²) in [5.74, 6) is -0.319. The van der Waals surface area contributed by atoms with Crippen LogP contribution < -0.4 is 4.90 Å². The van der Waals surface area contributed by atoms with Crippen LogP contribution in [0.5, 0.6) is 0 Å². The maximum atomic E-state index is 11.1. The first-order chi connectivity index (χ1) is 13.5. The molecule has 0 fully saturated rings. The Kier molecular flexibility index (Phi) is 5.90. The number of benzene rings is 2. The molecule has 0 aliphatic rings. The Morgan fingerprint density at radius 3 is 2.75 bits per heavy atom. The van der Waals surface area contributed by atoms with Gasteiger partial charge in [0, 0.05) is 12.4 Å². The van der Waals surface area contributed by atoms with Gasteiger partial charge < -0.3 is 10.0 Å². The largest absolute Gasteiger partial charge is 0.480 e. The molecule has 3 aromatic rings. The minimum atomic E-state index is -0.910. The monoisotopic (exact) mass is 373 g/mol. The van der Waals surface area contributed by atoms with Gasteiger partial charge in [0.2, 0.25) is 0 Å². The van der Waals surface area contributed by atoms with E-state index in [1.165, 1.54) is 5.56 Å². The number of carboxylic acid groups (broad SMARTS) is 1. The zero-order chi connectivity index (χ0) is 20.1. The number of nitrogens with zero attached hydrogens (tertiary/aromatic N) is 3. The molecule has 0 bridgehead atoms. The number of carboxylic acids is 1. The highest BCUT2D eigenvalue weighted by molar-refractivity contribution is 5.97. The molecule has 0 aliphatic carbocycles. The van der Waals surface area contributed by atoms with E-state index in [1.54, 1.807) is 18.0 Å². The lowest BCUT2D eigenvalue weighted by atomic mass is 9.97. The first kappa shape index (κ1) is 19.4. The van der Waals surface area contributed by atoms with Crippen LogP contribution in [0, 0.1) is 11.3 Å². The number of carbonyl (C=O) groups is 1. The zero-order valence-electron chi connectivity index (χ0n) is 16.1. The number of hydrogen-bond acceptors (Lipinski definition) is 4. The minimum Gasteiger partial charge on any atom is -0.480 e. The van der Waals surface area contributed by atoms with Crippen LogP contribution in [0.15, 0.2) is 48.5 Å². The fourth-order valence-corrected chi connectivity index (χ4v) is 3.27. The van der Waals surface area contributed by atoms with E-state index >= 15 is 0 Å². The molecule has 0 saturated heterocycles. The summed E-state index contributed by atoms with van der Waals surface area (Å²) in [7, 11) is 1.72. The number of aryl methyl sites for hydroxylation is 1. The minimum absolute atomic E-state index is 0.134. The Bertz CT molecular complexity index is 1050. The van der Waals surface area contributed by atoms with Gasteiger partial charge in [-0.05, 0) is 59.9 Å². The first-order valence-electron chi connectivity index (χ1n) is 9.39. The molecule has 0 saturated carbocycles. The lowest BCUT2D eigenvalue weighted by Crippen LogP contribution is -2.26. The van der Waals surface area contributed by atoms with Gasteiger partial charge in [-0.25, -0.2) is 4.98 Å². The van der Waals surface area contributed by atoms with Gasteiger partial charge in [-0.15, -0.1) is 0 Å². The molecular weight excluding hydrogens is 350 g/mol. The maximum absolute atomic E-state index is 11.1. The van der Waals surface area contributed by atoms with Crippen molar-refractivity contribution in [3.63, 3.8) is 0 Å². The van der Waals surface area contributed by atoms with Crippen LogP contribution in [0.4, 0.5) is 5.82 Å². The molecule has 0 amide bonds. The third-order valence-electron chi connectivity index (χ3n) is 4.74. The number of fused-ring (bicyclic) bond motifs is 1. The maximum Gasteiger partial charge on any atom is 0.323 e. The van der Waals surface area contributed by atoms with Crippen molar-refractivity contribution < 1.29 is 9.90 Å². The second-order valence-corrected chi connectivity index (χ2v) is 6.93. The standard InChI is InChI=1S/C23H23N3O2/c1-3-4-6-16-9-10-21-20(12-16)19(18-8-5-7-17(11-18)14-24)13-22(25-21)26(2)15-23(27)28/h5,7-13H,3-4,6,15H2,1-2H3,(H,27,28). The topological polar surface area (TPSA) is 77.2 Å². The third-order valence-corrected chi connectivity index (χ3v) is 4.74. The molecule has 0 radical (unpaired) electrons. The lowest BCUT2D eigenvalue weighted by Gasteiger charge is -2.19. The van der Waals surface area contributed by atoms with Gasteiger partial charge in [0.25, 0.3) is 0 Å². The van der Waals surface area contributed by atoms with Gasteiger partial charge in [0.1, 0.15) is 12.4 Å². The van der Waals surface area contributed by atoms with Crippen molar-refractivity contribution in [2.24, 2.45) is 0 Å². The first-order valence-corrected chi connectivity index (χ1v) is 9.39. The van der Waals surface area contributed by atoms with E-state index in [2.05, 4.69) is 30.1 Å². The van der Waals surface area contributed by atoms with Crippen molar-refractivity contribution >= 4 is 22.7 Å². The summed E-state index contributed by atoms with van der Waals surface area (Å²) in [5.41, 5.74) is 4.52. The van der Waals surface area contributed by atoms with Gasteiger partial charge >= 0.3 is 5.97 Å². The molecule has 3 rings (SSSR count). The van der Waals surface area contributed by atoms with Crippen LogP contribution in [0.25, 0.3) is 22.0 Å². The van der Waals surface area contributed by atoms with Gasteiger partial charge in [-0.3, -0.25) is 4.79 Å². The summed E-state index contributed by atoms with van der Waals surface area (Å²) >= 11 is 0. The summed E-state index contributed by atoms with van der Waals surface area (Å²) in [6.07, 6.45) is 3.26. The molecule has 142 valence electrons. The second-order valence-electron chi connectivity index (χ2n) is 6.93. The Labute approximate surface area is 164 Å². The van der Waals surface area contributed by atoms with Gasteiger partial charge in [-0.1, -0.05) is 31.5 Å². The number of nitriles is 1. The van der Waals surface area contributed by atoms with Crippen LogP contribution in [-0.4, -0.2) is 29.7 Å². The molecule has 1 heterocycles. The highest BCUT2D eigenvalue weighted by Gasteiger charge is 2.14. The molecule has 0 atom stereocenters. The average Bonchev–Trinajstić information content (AvgIpc) is 2.70. The zero-order valence-corrected chi connectivity index (χ0v) is 16.1. The van der Waals surface area contributed by atoms with E-state index in [-0.39, 0.29) is 6.54 Å². The molecule has 0 unspecified atom stereocenters.